The molecule has 136 valence electrons. The third-order valence-electron chi connectivity index (χ3n) is 3.43. The summed E-state index contributed by atoms with van der Waals surface area (Å²) in [4.78, 5) is 33.9. The molecule has 1 heterocycles. The van der Waals surface area contributed by atoms with Gasteiger partial charge < -0.3 is 26.6 Å². The first kappa shape index (κ1) is 17.6. The molecule has 1 aromatic heterocycles. The number of hydrogen-bond acceptors (Lipinski definition) is 8. The minimum atomic E-state index is -1.02. The van der Waals surface area contributed by atoms with Gasteiger partial charge in [0.15, 0.2) is 0 Å². The topological polar surface area (TPSA) is 163 Å². The average Bonchev–Trinajstić information content (AvgIpc) is 2.62. The fraction of sp³-hybridized carbons (Fsp3) is 0. The molecule has 0 aliphatic carbocycles. The van der Waals surface area contributed by atoms with Gasteiger partial charge >= 0.3 is 11.9 Å². The highest BCUT2D eigenvalue weighted by Crippen LogP contribution is 2.18. The molecule has 0 amide bonds. The Bertz CT molecular complexity index is 912. The molecule has 0 aliphatic rings. The van der Waals surface area contributed by atoms with Crippen LogP contribution in [-0.4, -0.2) is 37.1 Å². The Kier molecular flexibility index (Phi) is 4.79. The van der Waals surface area contributed by atoms with E-state index in [2.05, 4.69) is 25.6 Å². The van der Waals surface area contributed by atoms with Crippen molar-refractivity contribution in [2.75, 3.05) is 16.4 Å². The molecule has 0 fully saturated rings. The fourth-order valence-electron chi connectivity index (χ4n) is 2.15. The van der Waals surface area contributed by atoms with Crippen molar-refractivity contribution in [1.82, 2.24) is 15.0 Å². The number of benzene rings is 2. The summed E-state index contributed by atoms with van der Waals surface area (Å²) >= 11 is 0. The number of carboxylic acid groups (broad SMARTS) is 2. The number of carboxylic acids is 2. The van der Waals surface area contributed by atoms with Crippen LogP contribution in [0.1, 0.15) is 20.7 Å². The third-order valence-corrected chi connectivity index (χ3v) is 3.43. The van der Waals surface area contributed by atoms with Crippen molar-refractivity contribution in [3.8, 4) is 0 Å². The van der Waals surface area contributed by atoms with E-state index < -0.39 is 11.9 Å². The molecule has 3 rings (SSSR count). The lowest BCUT2D eigenvalue weighted by Gasteiger charge is -2.09. The Balaban J connectivity index is 1.77. The minimum absolute atomic E-state index is 0.0284. The molecular formula is C17H14N6O4. The summed E-state index contributed by atoms with van der Waals surface area (Å²) in [5.74, 6) is -1.75. The van der Waals surface area contributed by atoms with Gasteiger partial charge in [0.1, 0.15) is 0 Å². The van der Waals surface area contributed by atoms with Gasteiger partial charge in [-0.2, -0.15) is 15.0 Å². The lowest BCUT2D eigenvalue weighted by atomic mass is 10.2. The van der Waals surface area contributed by atoms with E-state index in [1.165, 1.54) is 24.3 Å². The second-order valence-corrected chi connectivity index (χ2v) is 5.36. The SMILES string of the molecule is Nc1nc(Nc2ccc(C(=O)O)cc2)nc(Nc2ccc(C(=O)O)cc2)n1. The van der Waals surface area contributed by atoms with Gasteiger partial charge in [-0.25, -0.2) is 9.59 Å². The van der Waals surface area contributed by atoms with Crippen LogP contribution in [0.25, 0.3) is 0 Å². The summed E-state index contributed by atoms with van der Waals surface area (Å²) in [5, 5.41) is 23.6. The molecule has 0 bridgehead atoms. The van der Waals surface area contributed by atoms with Crippen molar-refractivity contribution < 1.29 is 19.8 Å². The van der Waals surface area contributed by atoms with Crippen LogP contribution in [0.5, 0.6) is 0 Å². The zero-order chi connectivity index (χ0) is 19.4. The zero-order valence-corrected chi connectivity index (χ0v) is 13.7. The van der Waals surface area contributed by atoms with Gasteiger partial charge in [-0.1, -0.05) is 0 Å². The smallest absolute Gasteiger partial charge is 0.335 e. The standard InChI is InChI=1S/C17H14N6O4/c18-15-21-16(19-11-5-1-9(2-6-11)13(24)25)23-17(22-15)20-12-7-3-10(4-8-12)14(26)27/h1-8H,(H,24,25)(H,26,27)(H4,18,19,20,21,22,23). The van der Waals surface area contributed by atoms with Crippen LogP contribution < -0.4 is 16.4 Å². The maximum atomic E-state index is 10.9. The van der Waals surface area contributed by atoms with Gasteiger partial charge in [-0.05, 0) is 48.5 Å². The second-order valence-electron chi connectivity index (χ2n) is 5.36. The molecule has 2 aromatic carbocycles. The number of nitrogens with one attached hydrogen (secondary N) is 2. The van der Waals surface area contributed by atoms with Crippen molar-refractivity contribution in [1.29, 1.82) is 0 Å². The molecule has 10 heteroatoms. The molecular weight excluding hydrogens is 352 g/mol. The molecule has 0 aliphatic heterocycles. The van der Waals surface area contributed by atoms with Gasteiger partial charge in [-0.3, -0.25) is 0 Å². The molecule has 10 nitrogen and oxygen atoms in total. The van der Waals surface area contributed by atoms with E-state index >= 15 is 0 Å². The molecule has 0 saturated heterocycles. The normalized spacial score (nSPS) is 10.2. The summed E-state index contributed by atoms with van der Waals surface area (Å²) in [6.07, 6.45) is 0. The van der Waals surface area contributed by atoms with Crippen LogP contribution in [-0.2, 0) is 0 Å². The summed E-state index contributed by atoms with van der Waals surface area (Å²) in [5.41, 5.74) is 7.15. The maximum absolute atomic E-state index is 10.9. The number of hydrogen-bond donors (Lipinski definition) is 5. The minimum Gasteiger partial charge on any atom is -0.478 e. The molecule has 0 spiro atoms. The number of carbonyl (C=O) groups is 2. The van der Waals surface area contributed by atoms with Crippen molar-refractivity contribution in [3.05, 3.63) is 59.7 Å². The van der Waals surface area contributed by atoms with Crippen LogP contribution >= 0.6 is 0 Å². The van der Waals surface area contributed by atoms with E-state index in [4.69, 9.17) is 15.9 Å². The molecule has 6 N–H and O–H groups in total. The lowest BCUT2D eigenvalue weighted by molar-refractivity contribution is 0.0686. The first-order valence-corrected chi connectivity index (χ1v) is 7.63. The largest absolute Gasteiger partial charge is 0.478 e. The fourth-order valence-corrected chi connectivity index (χ4v) is 2.15. The third kappa shape index (κ3) is 4.45. The van der Waals surface area contributed by atoms with Crippen LogP contribution in [0.3, 0.4) is 0 Å². The van der Waals surface area contributed by atoms with Crippen molar-refractivity contribution >= 4 is 41.2 Å². The Morgan fingerprint density at radius 3 is 1.41 bits per heavy atom. The summed E-state index contributed by atoms with van der Waals surface area (Å²) in [6.45, 7) is 0. The Morgan fingerprint density at radius 2 is 1.07 bits per heavy atom. The molecule has 0 atom stereocenters. The Hall–Kier alpha value is -4.21. The predicted octanol–water partition coefficient (Wildman–Crippen LogP) is 2.34. The molecule has 0 unspecified atom stereocenters. The van der Waals surface area contributed by atoms with Crippen molar-refractivity contribution in [2.24, 2.45) is 0 Å². The lowest BCUT2D eigenvalue weighted by Crippen LogP contribution is -2.07. The highest BCUT2D eigenvalue weighted by atomic mass is 16.4. The number of anilines is 5. The van der Waals surface area contributed by atoms with Crippen LogP contribution in [0, 0.1) is 0 Å². The number of nitrogens with two attached hydrogens (primary N) is 1. The van der Waals surface area contributed by atoms with Crippen LogP contribution in [0.4, 0.5) is 29.2 Å². The number of rotatable bonds is 6. The van der Waals surface area contributed by atoms with Crippen molar-refractivity contribution in [2.45, 2.75) is 0 Å². The summed E-state index contributed by atoms with van der Waals surface area (Å²) in [6, 6.07) is 12.1. The highest BCUT2D eigenvalue weighted by Gasteiger charge is 2.08. The molecule has 0 saturated carbocycles. The van der Waals surface area contributed by atoms with Gasteiger partial charge in [0, 0.05) is 11.4 Å². The molecule has 3 aromatic rings. The van der Waals surface area contributed by atoms with Crippen molar-refractivity contribution in [3.63, 3.8) is 0 Å². The van der Waals surface area contributed by atoms with E-state index in [1.807, 2.05) is 0 Å². The van der Waals surface area contributed by atoms with E-state index in [0.29, 0.717) is 11.4 Å². The van der Waals surface area contributed by atoms with Crippen LogP contribution in [0.2, 0.25) is 0 Å². The number of aromatic nitrogens is 3. The molecule has 0 radical (unpaired) electrons. The van der Waals surface area contributed by atoms with Gasteiger partial charge in [-0.15, -0.1) is 0 Å². The van der Waals surface area contributed by atoms with E-state index in [1.54, 1.807) is 24.3 Å². The van der Waals surface area contributed by atoms with Crippen LogP contribution in [0.15, 0.2) is 48.5 Å². The van der Waals surface area contributed by atoms with E-state index in [-0.39, 0.29) is 29.0 Å². The monoisotopic (exact) mass is 366 g/mol. The van der Waals surface area contributed by atoms with Gasteiger partial charge in [0.05, 0.1) is 11.1 Å². The highest BCUT2D eigenvalue weighted by molar-refractivity contribution is 5.88. The molecule has 27 heavy (non-hydrogen) atoms. The Labute approximate surface area is 152 Å². The predicted molar refractivity (Wildman–Crippen MR) is 97.6 cm³/mol. The van der Waals surface area contributed by atoms with Gasteiger partial charge in [0.2, 0.25) is 17.8 Å². The van der Waals surface area contributed by atoms with E-state index in [9.17, 15) is 9.59 Å². The van der Waals surface area contributed by atoms with E-state index in [0.717, 1.165) is 0 Å². The number of nitrogen functional groups attached to an aromatic ring is 1. The maximum Gasteiger partial charge on any atom is 0.335 e. The summed E-state index contributed by atoms with van der Waals surface area (Å²) < 4.78 is 0. The first-order chi connectivity index (χ1) is 12.9. The Morgan fingerprint density at radius 1 is 0.704 bits per heavy atom. The number of nitrogens with zero attached hydrogens (tertiary/aromatic N) is 3. The average molecular weight is 366 g/mol. The first-order valence-electron chi connectivity index (χ1n) is 7.63. The quantitative estimate of drug-likeness (QED) is 0.437. The summed E-state index contributed by atoms with van der Waals surface area (Å²) in [7, 11) is 0. The zero-order valence-electron chi connectivity index (χ0n) is 13.7. The van der Waals surface area contributed by atoms with Gasteiger partial charge in [0.25, 0.3) is 0 Å². The second kappa shape index (κ2) is 7.35. The number of aromatic carboxylic acids is 2.